The summed E-state index contributed by atoms with van der Waals surface area (Å²) in [5.74, 6) is 2.05. The Kier molecular flexibility index (Phi) is 3.80. The maximum absolute atomic E-state index is 5.75. The van der Waals surface area contributed by atoms with Crippen LogP contribution in [-0.2, 0) is 6.54 Å². The Hall–Kier alpha value is -1.95. The second-order valence-electron chi connectivity index (χ2n) is 4.39. The van der Waals surface area contributed by atoms with Gasteiger partial charge < -0.3 is 15.5 Å². The molecule has 2 rings (SSSR count). The van der Waals surface area contributed by atoms with E-state index < -0.39 is 0 Å². The number of nitrogens with two attached hydrogens (primary N) is 1. The third-order valence-corrected chi connectivity index (χ3v) is 2.87. The molecular formula is C13H16N4OS. The number of aromatic nitrogens is 2. The van der Waals surface area contributed by atoms with Crippen molar-refractivity contribution < 1.29 is 4.42 Å². The van der Waals surface area contributed by atoms with E-state index in [0.29, 0.717) is 23.2 Å². The molecule has 0 aromatic carbocycles. The Morgan fingerprint density at radius 2 is 2.16 bits per heavy atom. The molecule has 0 saturated heterocycles. The number of hydrogen-bond donors (Lipinski definition) is 2. The van der Waals surface area contributed by atoms with Gasteiger partial charge in [0.2, 0.25) is 5.89 Å². The van der Waals surface area contributed by atoms with Crippen molar-refractivity contribution in [3.8, 4) is 0 Å². The first kappa shape index (κ1) is 13.5. The van der Waals surface area contributed by atoms with Gasteiger partial charge in [0.1, 0.15) is 16.6 Å². The largest absolute Gasteiger partial charge is 0.444 e. The normalized spacial score (nSPS) is 10.5. The molecule has 100 valence electrons. The highest BCUT2D eigenvalue weighted by Gasteiger charge is 2.12. The fraction of sp³-hybridized carbons (Fsp3) is 0.308. The van der Waals surface area contributed by atoms with Gasteiger partial charge in [0.05, 0.1) is 18.3 Å². The van der Waals surface area contributed by atoms with Crippen LogP contribution >= 0.6 is 12.2 Å². The number of nitrogens with zero attached hydrogens (tertiary/aromatic N) is 2. The molecule has 0 bridgehead atoms. The Balaban J connectivity index is 2.26. The van der Waals surface area contributed by atoms with Crippen LogP contribution in [0.15, 0.2) is 16.7 Å². The Morgan fingerprint density at radius 3 is 2.74 bits per heavy atom. The quantitative estimate of drug-likeness (QED) is 0.834. The highest BCUT2D eigenvalue weighted by molar-refractivity contribution is 7.80. The molecule has 2 aromatic heterocycles. The van der Waals surface area contributed by atoms with Gasteiger partial charge >= 0.3 is 0 Å². The summed E-state index contributed by atoms with van der Waals surface area (Å²) in [4.78, 5) is 8.89. The molecule has 6 heteroatoms. The van der Waals surface area contributed by atoms with Gasteiger partial charge in [0.15, 0.2) is 0 Å². The molecule has 0 aliphatic rings. The molecule has 0 atom stereocenters. The summed E-state index contributed by atoms with van der Waals surface area (Å²) in [5.41, 5.74) is 8.43. The van der Waals surface area contributed by atoms with Gasteiger partial charge in [-0.15, -0.1) is 0 Å². The van der Waals surface area contributed by atoms with E-state index >= 15 is 0 Å². The molecule has 0 spiro atoms. The first-order valence-electron chi connectivity index (χ1n) is 5.90. The standard InChI is InChI=1S/C13H16N4OS/c1-7-4-8(2)17-13(11(7)12(14)19)16-6-10-15-5-9(3)18-10/h4-5H,6H2,1-3H3,(H2,14,19)(H,16,17). The molecular weight excluding hydrogens is 260 g/mol. The molecule has 2 aromatic rings. The number of oxazole rings is 1. The van der Waals surface area contributed by atoms with Crippen molar-refractivity contribution in [3.05, 3.63) is 40.7 Å². The van der Waals surface area contributed by atoms with Gasteiger partial charge in [0.25, 0.3) is 0 Å². The molecule has 0 aliphatic carbocycles. The van der Waals surface area contributed by atoms with E-state index in [1.165, 1.54) is 0 Å². The van der Waals surface area contributed by atoms with Crippen molar-refractivity contribution in [2.75, 3.05) is 5.32 Å². The smallest absolute Gasteiger partial charge is 0.213 e. The zero-order valence-electron chi connectivity index (χ0n) is 11.2. The van der Waals surface area contributed by atoms with Crippen LogP contribution in [0, 0.1) is 20.8 Å². The van der Waals surface area contributed by atoms with Gasteiger partial charge in [-0.25, -0.2) is 9.97 Å². The van der Waals surface area contributed by atoms with Gasteiger partial charge in [-0.05, 0) is 32.4 Å². The number of nitrogens with one attached hydrogen (secondary N) is 1. The molecule has 0 radical (unpaired) electrons. The lowest BCUT2D eigenvalue weighted by atomic mass is 10.1. The number of hydrogen-bond acceptors (Lipinski definition) is 5. The summed E-state index contributed by atoms with van der Waals surface area (Å²) < 4.78 is 5.40. The van der Waals surface area contributed by atoms with Crippen molar-refractivity contribution in [3.63, 3.8) is 0 Å². The lowest BCUT2D eigenvalue weighted by Crippen LogP contribution is -2.16. The van der Waals surface area contributed by atoms with Crippen molar-refractivity contribution in [2.24, 2.45) is 5.73 Å². The van der Waals surface area contributed by atoms with Gasteiger partial charge in [-0.3, -0.25) is 0 Å². The lowest BCUT2D eigenvalue weighted by Gasteiger charge is -2.12. The van der Waals surface area contributed by atoms with Crippen LogP contribution in [0.2, 0.25) is 0 Å². The predicted molar refractivity (Wildman–Crippen MR) is 78.2 cm³/mol. The topological polar surface area (TPSA) is 77.0 Å². The second kappa shape index (κ2) is 5.36. The van der Waals surface area contributed by atoms with E-state index in [0.717, 1.165) is 22.6 Å². The molecule has 0 saturated carbocycles. The minimum Gasteiger partial charge on any atom is -0.444 e. The maximum Gasteiger partial charge on any atom is 0.213 e. The average Bonchev–Trinajstić information content (AvgIpc) is 2.71. The van der Waals surface area contributed by atoms with Crippen LogP contribution in [0.4, 0.5) is 5.82 Å². The fourth-order valence-corrected chi connectivity index (χ4v) is 2.18. The summed E-state index contributed by atoms with van der Waals surface area (Å²) in [5, 5.41) is 3.17. The lowest BCUT2D eigenvalue weighted by molar-refractivity contribution is 0.479. The van der Waals surface area contributed by atoms with Crippen LogP contribution in [-0.4, -0.2) is 15.0 Å². The monoisotopic (exact) mass is 276 g/mol. The molecule has 2 heterocycles. The SMILES string of the molecule is Cc1cc(C)c(C(N)=S)c(NCc2ncc(C)o2)n1. The fourth-order valence-electron chi connectivity index (χ4n) is 1.92. The number of pyridine rings is 1. The zero-order chi connectivity index (χ0) is 14.0. The van der Waals surface area contributed by atoms with Crippen LogP contribution < -0.4 is 11.1 Å². The number of anilines is 1. The highest BCUT2D eigenvalue weighted by Crippen LogP contribution is 2.19. The first-order valence-corrected chi connectivity index (χ1v) is 6.31. The molecule has 5 nitrogen and oxygen atoms in total. The van der Waals surface area contributed by atoms with Crippen LogP contribution in [0.25, 0.3) is 0 Å². The predicted octanol–water partition coefficient (Wildman–Crippen LogP) is 2.24. The second-order valence-corrected chi connectivity index (χ2v) is 4.83. The minimum absolute atomic E-state index is 0.330. The third kappa shape index (κ3) is 3.08. The minimum atomic E-state index is 0.330. The molecule has 19 heavy (non-hydrogen) atoms. The summed E-state index contributed by atoms with van der Waals surface area (Å²) >= 11 is 5.07. The van der Waals surface area contributed by atoms with Crippen LogP contribution in [0.5, 0.6) is 0 Å². The Labute approximate surface area is 117 Å². The van der Waals surface area contributed by atoms with E-state index in [1.807, 2.05) is 26.8 Å². The van der Waals surface area contributed by atoms with Crippen molar-refractivity contribution >= 4 is 23.0 Å². The Bertz CT molecular complexity index is 621. The maximum atomic E-state index is 5.75. The van der Waals surface area contributed by atoms with Crippen LogP contribution in [0.3, 0.4) is 0 Å². The number of aryl methyl sites for hydroxylation is 3. The van der Waals surface area contributed by atoms with E-state index in [9.17, 15) is 0 Å². The molecule has 0 amide bonds. The van der Waals surface area contributed by atoms with E-state index in [-0.39, 0.29) is 0 Å². The number of rotatable bonds is 4. The van der Waals surface area contributed by atoms with Crippen LogP contribution in [0.1, 0.15) is 28.5 Å². The van der Waals surface area contributed by atoms with Crippen molar-refractivity contribution in [2.45, 2.75) is 27.3 Å². The van der Waals surface area contributed by atoms with Gasteiger partial charge in [0, 0.05) is 5.69 Å². The van der Waals surface area contributed by atoms with Crippen molar-refractivity contribution in [1.82, 2.24) is 9.97 Å². The molecule has 0 unspecified atom stereocenters. The van der Waals surface area contributed by atoms with Crippen molar-refractivity contribution in [1.29, 1.82) is 0 Å². The average molecular weight is 276 g/mol. The van der Waals surface area contributed by atoms with E-state index in [1.54, 1.807) is 6.20 Å². The summed E-state index contributed by atoms with van der Waals surface area (Å²) in [6.07, 6.45) is 1.68. The highest BCUT2D eigenvalue weighted by atomic mass is 32.1. The summed E-state index contributed by atoms with van der Waals surface area (Å²) in [6, 6.07) is 1.95. The van der Waals surface area contributed by atoms with E-state index in [2.05, 4.69) is 15.3 Å². The summed E-state index contributed by atoms with van der Waals surface area (Å²) in [6.45, 7) is 6.19. The van der Waals surface area contributed by atoms with E-state index in [4.69, 9.17) is 22.4 Å². The summed E-state index contributed by atoms with van der Waals surface area (Å²) in [7, 11) is 0. The van der Waals surface area contributed by atoms with Gasteiger partial charge in [-0.1, -0.05) is 12.2 Å². The third-order valence-electron chi connectivity index (χ3n) is 2.67. The molecule has 3 N–H and O–H groups in total. The molecule has 0 aliphatic heterocycles. The Morgan fingerprint density at radius 1 is 1.42 bits per heavy atom. The number of thiocarbonyl (C=S) groups is 1. The first-order chi connectivity index (χ1) is 8.97. The van der Waals surface area contributed by atoms with Gasteiger partial charge in [-0.2, -0.15) is 0 Å². The molecule has 0 fully saturated rings. The zero-order valence-corrected chi connectivity index (χ0v) is 12.0.